The van der Waals surface area contributed by atoms with Gasteiger partial charge < -0.3 is 9.84 Å². The summed E-state index contributed by atoms with van der Waals surface area (Å²) in [6, 6.07) is 4.42. The van der Waals surface area contributed by atoms with Gasteiger partial charge in [0, 0.05) is 0 Å². The van der Waals surface area contributed by atoms with Crippen LogP contribution in [0.5, 0.6) is 0 Å². The molecule has 122 valence electrons. The van der Waals surface area contributed by atoms with E-state index in [-0.39, 0.29) is 27.7 Å². The summed E-state index contributed by atoms with van der Waals surface area (Å²) in [6.07, 6.45) is 2.41. The van der Waals surface area contributed by atoms with Crippen LogP contribution in [0.25, 0.3) is 0 Å². The molecule has 0 radical (unpaired) electrons. The number of carbonyl (C=O) groups excluding carboxylic acids is 1. The Morgan fingerprint density at radius 3 is 2.45 bits per heavy atom. The lowest BCUT2D eigenvalue weighted by Gasteiger charge is -2.30. The van der Waals surface area contributed by atoms with E-state index >= 15 is 0 Å². The van der Waals surface area contributed by atoms with Gasteiger partial charge in [-0.05, 0) is 24.0 Å². The number of carboxylic acid groups (broad SMARTS) is 1. The Kier molecular flexibility index (Phi) is 6.42. The molecule has 0 aromatic heterocycles. The number of aromatic carboxylic acids is 1. The topological polar surface area (TPSA) is 63.6 Å². The fraction of sp³-hybridized carbons (Fsp3) is 0.529. The van der Waals surface area contributed by atoms with Crippen LogP contribution in [0.15, 0.2) is 18.2 Å². The fourth-order valence-electron chi connectivity index (χ4n) is 2.16. The number of carboxylic acids is 1. The van der Waals surface area contributed by atoms with E-state index in [1.54, 1.807) is 6.07 Å². The average molecular weight is 327 g/mol. The lowest BCUT2D eigenvalue weighted by Crippen LogP contribution is -2.32. The molecule has 0 saturated carbocycles. The molecule has 5 heteroatoms. The molecule has 0 aliphatic heterocycles. The van der Waals surface area contributed by atoms with Gasteiger partial charge >= 0.3 is 11.9 Å². The molecule has 22 heavy (non-hydrogen) atoms. The molecular weight excluding hydrogens is 304 g/mol. The number of unbranched alkanes of at least 4 members (excludes halogenated alkanes) is 1. The highest BCUT2D eigenvalue weighted by Gasteiger charge is 2.30. The Balaban J connectivity index is 3.05. The molecule has 0 spiro atoms. The van der Waals surface area contributed by atoms with E-state index in [1.807, 2.05) is 20.8 Å². The Morgan fingerprint density at radius 1 is 1.32 bits per heavy atom. The highest BCUT2D eigenvalue weighted by Crippen LogP contribution is 2.29. The minimum Gasteiger partial charge on any atom is -0.478 e. The van der Waals surface area contributed by atoms with Gasteiger partial charge in [-0.15, -0.1) is 0 Å². The first kappa shape index (κ1) is 18.5. The zero-order chi connectivity index (χ0) is 16.9. The molecule has 1 atom stereocenters. The second-order valence-corrected chi connectivity index (χ2v) is 6.78. The van der Waals surface area contributed by atoms with E-state index < -0.39 is 11.9 Å². The van der Waals surface area contributed by atoms with Gasteiger partial charge in [-0.1, -0.05) is 58.2 Å². The molecule has 0 bridgehead atoms. The van der Waals surface area contributed by atoms with E-state index in [2.05, 4.69) is 6.92 Å². The number of carbonyl (C=O) groups is 2. The molecule has 0 amide bonds. The van der Waals surface area contributed by atoms with Crippen molar-refractivity contribution in [2.75, 3.05) is 0 Å². The van der Waals surface area contributed by atoms with Crippen molar-refractivity contribution in [3.63, 3.8) is 0 Å². The molecule has 4 nitrogen and oxygen atoms in total. The zero-order valence-electron chi connectivity index (χ0n) is 13.5. The van der Waals surface area contributed by atoms with Gasteiger partial charge in [0.15, 0.2) is 0 Å². The first-order valence-electron chi connectivity index (χ1n) is 7.41. The standard InChI is InChI=1S/C17H23ClO4/c1-5-6-10-13(17(2,3)4)22-16(21)11-8-7-9-12(18)14(11)15(19)20/h7-9,13H,5-6,10H2,1-4H3,(H,19,20). The Labute approximate surface area is 136 Å². The maximum atomic E-state index is 12.4. The number of benzene rings is 1. The normalized spacial score (nSPS) is 12.8. The summed E-state index contributed by atoms with van der Waals surface area (Å²) in [7, 11) is 0. The van der Waals surface area contributed by atoms with Gasteiger partial charge in [0.2, 0.25) is 0 Å². The maximum Gasteiger partial charge on any atom is 0.339 e. The molecule has 0 fully saturated rings. The number of ether oxygens (including phenoxy) is 1. The molecule has 0 saturated heterocycles. The molecule has 0 aliphatic rings. The summed E-state index contributed by atoms with van der Waals surface area (Å²) >= 11 is 5.89. The van der Waals surface area contributed by atoms with Crippen molar-refractivity contribution in [1.29, 1.82) is 0 Å². The maximum absolute atomic E-state index is 12.4. The zero-order valence-corrected chi connectivity index (χ0v) is 14.2. The average Bonchev–Trinajstić information content (AvgIpc) is 2.41. The Morgan fingerprint density at radius 2 is 1.95 bits per heavy atom. The summed E-state index contributed by atoms with van der Waals surface area (Å²) in [5.74, 6) is -1.88. The third-order valence-corrected chi connectivity index (χ3v) is 3.80. The smallest absolute Gasteiger partial charge is 0.339 e. The van der Waals surface area contributed by atoms with Crippen LogP contribution in [-0.4, -0.2) is 23.1 Å². The molecular formula is C17H23ClO4. The van der Waals surface area contributed by atoms with Gasteiger partial charge in [-0.3, -0.25) is 0 Å². The molecule has 1 N–H and O–H groups in total. The van der Waals surface area contributed by atoms with Gasteiger partial charge in [0.1, 0.15) is 6.10 Å². The van der Waals surface area contributed by atoms with Gasteiger partial charge in [-0.25, -0.2) is 9.59 Å². The van der Waals surface area contributed by atoms with E-state index in [0.29, 0.717) is 0 Å². The third kappa shape index (κ3) is 4.73. The van der Waals surface area contributed by atoms with Crippen LogP contribution < -0.4 is 0 Å². The van der Waals surface area contributed by atoms with E-state index in [9.17, 15) is 14.7 Å². The molecule has 1 rings (SSSR count). The van der Waals surface area contributed by atoms with Crippen molar-refractivity contribution in [3.8, 4) is 0 Å². The molecule has 1 aromatic carbocycles. The molecule has 0 aliphatic carbocycles. The van der Waals surface area contributed by atoms with E-state index in [4.69, 9.17) is 16.3 Å². The largest absolute Gasteiger partial charge is 0.478 e. The summed E-state index contributed by atoms with van der Waals surface area (Å²) in [5, 5.41) is 9.27. The molecule has 0 heterocycles. The van der Waals surface area contributed by atoms with Crippen LogP contribution in [0.3, 0.4) is 0 Å². The van der Waals surface area contributed by atoms with Gasteiger partial charge in [0.25, 0.3) is 0 Å². The van der Waals surface area contributed by atoms with Crippen LogP contribution in [0, 0.1) is 5.41 Å². The number of hydrogen-bond acceptors (Lipinski definition) is 3. The molecule has 1 aromatic rings. The second-order valence-electron chi connectivity index (χ2n) is 6.37. The first-order valence-corrected chi connectivity index (χ1v) is 7.79. The van der Waals surface area contributed by atoms with Crippen molar-refractivity contribution in [2.24, 2.45) is 5.41 Å². The predicted molar refractivity (Wildman–Crippen MR) is 86.6 cm³/mol. The van der Waals surface area contributed by atoms with Crippen LogP contribution >= 0.6 is 11.6 Å². The number of halogens is 1. The highest BCUT2D eigenvalue weighted by molar-refractivity contribution is 6.34. The highest BCUT2D eigenvalue weighted by atomic mass is 35.5. The lowest BCUT2D eigenvalue weighted by molar-refractivity contribution is -0.00696. The Bertz CT molecular complexity index is 546. The Hall–Kier alpha value is -1.55. The second kappa shape index (κ2) is 7.63. The van der Waals surface area contributed by atoms with Crippen molar-refractivity contribution in [3.05, 3.63) is 34.3 Å². The van der Waals surface area contributed by atoms with Crippen molar-refractivity contribution in [2.45, 2.75) is 53.1 Å². The first-order chi connectivity index (χ1) is 10.2. The summed E-state index contributed by atoms with van der Waals surface area (Å²) in [6.45, 7) is 8.06. The van der Waals surface area contributed by atoms with Crippen molar-refractivity contribution in [1.82, 2.24) is 0 Å². The minimum atomic E-state index is -1.24. The number of rotatable bonds is 6. The summed E-state index contributed by atoms with van der Waals surface area (Å²) in [5.41, 5.74) is -0.435. The minimum absolute atomic E-state index is 0.00857. The van der Waals surface area contributed by atoms with Crippen molar-refractivity contribution >= 4 is 23.5 Å². The number of esters is 1. The van der Waals surface area contributed by atoms with Crippen LogP contribution in [-0.2, 0) is 4.74 Å². The SMILES string of the molecule is CCCCC(OC(=O)c1cccc(Cl)c1C(=O)O)C(C)(C)C. The number of hydrogen-bond donors (Lipinski definition) is 1. The fourth-order valence-corrected chi connectivity index (χ4v) is 2.42. The van der Waals surface area contributed by atoms with Gasteiger partial charge in [0.05, 0.1) is 16.1 Å². The van der Waals surface area contributed by atoms with Crippen LogP contribution in [0.1, 0.15) is 67.7 Å². The van der Waals surface area contributed by atoms with E-state index in [0.717, 1.165) is 19.3 Å². The van der Waals surface area contributed by atoms with Crippen LogP contribution in [0.2, 0.25) is 5.02 Å². The lowest BCUT2D eigenvalue weighted by atomic mass is 9.86. The third-order valence-electron chi connectivity index (χ3n) is 3.48. The summed E-state index contributed by atoms with van der Waals surface area (Å²) in [4.78, 5) is 23.7. The monoisotopic (exact) mass is 326 g/mol. The molecule has 1 unspecified atom stereocenters. The summed E-state index contributed by atoms with van der Waals surface area (Å²) < 4.78 is 5.59. The quantitative estimate of drug-likeness (QED) is 0.763. The van der Waals surface area contributed by atoms with Gasteiger partial charge in [-0.2, -0.15) is 0 Å². The van der Waals surface area contributed by atoms with Crippen molar-refractivity contribution < 1.29 is 19.4 Å². The van der Waals surface area contributed by atoms with Crippen LogP contribution in [0.4, 0.5) is 0 Å². The predicted octanol–water partition coefficient (Wildman–Crippen LogP) is 4.80. The van der Waals surface area contributed by atoms with E-state index in [1.165, 1.54) is 12.1 Å².